The molecule has 0 radical (unpaired) electrons. The van der Waals surface area contributed by atoms with Crippen LogP contribution in [0.2, 0.25) is 0 Å². The summed E-state index contributed by atoms with van der Waals surface area (Å²) in [5, 5.41) is 13.2. The highest BCUT2D eigenvalue weighted by atomic mass is 79.9. The first-order chi connectivity index (χ1) is 9.88. The van der Waals surface area contributed by atoms with Gasteiger partial charge in [-0.2, -0.15) is 0 Å². The zero-order chi connectivity index (χ0) is 15.6. The number of rotatable bonds is 3. The van der Waals surface area contributed by atoms with Crippen molar-refractivity contribution < 1.29 is 18.5 Å². The molecule has 0 atom stereocenters. The summed E-state index contributed by atoms with van der Waals surface area (Å²) in [6, 6.07) is 7.35. The van der Waals surface area contributed by atoms with Crippen LogP contribution in [0, 0.1) is 21.7 Å². The maximum Gasteiger partial charge on any atom is 0.285 e. The maximum absolute atomic E-state index is 13.2. The van der Waals surface area contributed by atoms with Crippen LogP contribution in [-0.4, -0.2) is 10.8 Å². The van der Waals surface area contributed by atoms with Gasteiger partial charge < -0.3 is 5.32 Å². The lowest BCUT2D eigenvalue weighted by atomic mass is 10.1. The molecule has 2 aromatic carbocycles. The molecule has 1 amide bonds. The zero-order valence-corrected chi connectivity index (χ0v) is 11.9. The van der Waals surface area contributed by atoms with Crippen molar-refractivity contribution in [1.29, 1.82) is 0 Å². The largest absolute Gasteiger partial charge is 0.322 e. The Balaban J connectivity index is 2.39. The lowest BCUT2D eigenvalue weighted by Gasteiger charge is -2.07. The van der Waals surface area contributed by atoms with Crippen LogP contribution in [0.3, 0.4) is 0 Å². The van der Waals surface area contributed by atoms with E-state index in [0.717, 1.165) is 0 Å². The summed E-state index contributed by atoms with van der Waals surface area (Å²) >= 11 is 3.20. The molecular weight excluding hydrogens is 350 g/mol. The topological polar surface area (TPSA) is 72.2 Å². The highest BCUT2D eigenvalue weighted by Gasteiger charge is 2.24. The van der Waals surface area contributed by atoms with Gasteiger partial charge in [0.05, 0.1) is 11.0 Å². The second-order valence-electron chi connectivity index (χ2n) is 4.01. The van der Waals surface area contributed by atoms with E-state index in [1.54, 1.807) is 24.3 Å². The van der Waals surface area contributed by atoms with Gasteiger partial charge in [0, 0.05) is 10.2 Å². The second-order valence-corrected chi connectivity index (χ2v) is 4.92. The number of amides is 1. The third-order valence-electron chi connectivity index (χ3n) is 2.56. The molecule has 0 unspecified atom stereocenters. The Labute approximate surface area is 125 Å². The lowest BCUT2D eigenvalue weighted by Crippen LogP contribution is -2.14. The predicted octanol–water partition coefficient (Wildman–Crippen LogP) is 3.89. The van der Waals surface area contributed by atoms with Crippen molar-refractivity contribution in [1.82, 2.24) is 0 Å². The lowest BCUT2D eigenvalue weighted by molar-refractivity contribution is -0.385. The molecule has 21 heavy (non-hydrogen) atoms. The number of benzene rings is 2. The van der Waals surface area contributed by atoms with E-state index in [-0.39, 0.29) is 0 Å². The average Bonchev–Trinajstić information content (AvgIpc) is 2.41. The van der Waals surface area contributed by atoms with E-state index >= 15 is 0 Å². The standard InChI is InChI=1S/C13H7BrF2N2O3/c14-7-2-1-3-8(4-7)17-13(19)9-5-10(15)11(16)6-12(9)18(20)21/h1-6H,(H,17,19). The van der Waals surface area contributed by atoms with Gasteiger partial charge in [0.25, 0.3) is 11.6 Å². The number of anilines is 1. The van der Waals surface area contributed by atoms with Gasteiger partial charge in [0.2, 0.25) is 0 Å². The van der Waals surface area contributed by atoms with Crippen molar-refractivity contribution in [3.8, 4) is 0 Å². The Hall–Kier alpha value is -2.35. The predicted molar refractivity (Wildman–Crippen MR) is 75.1 cm³/mol. The van der Waals surface area contributed by atoms with Crippen LogP contribution in [0.4, 0.5) is 20.2 Å². The van der Waals surface area contributed by atoms with Crippen molar-refractivity contribution >= 4 is 33.2 Å². The van der Waals surface area contributed by atoms with E-state index < -0.39 is 33.7 Å². The molecule has 0 saturated carbocycles. The molecule has 2 aromatic rings. The SMILES string of the molecule is O=C(Nc1cccc(Br)c1)c1cc(F)c(F)cc1[N+](=O)[O-]. The average molecular weight is 357 g/mol. The fourth-order valence-corrected chi connectivity index (χ4v) is 2.03. The number of nitro groups is 1. The molecule has 0 bridgehead atoms. The molecule has 108 valence electrons. The molecule has 0 aliphatic rings. The first-order valence-electron chi connectivity index (χ1n) is 5.59. The molecule has 0 aliphatic carbocycles. The van der Waals surface area contributed by atoms with E-state index in [2.05, 4.69) is 21.2 Å². The molecule has 0 aromatic heterocycles. The Morgan fingerprint density at radius 2 is 1.86 bits per heavy atom. The highest BCUT2D eigenvalue weighted by molar-refractivity contribution is 9.10. The minimum absolute atomic E-state index is 0.355. The normalized spacial score (nSPS) is 10.2. The van der Waals surface area contributed by atoms with Crippen LogP contribution in [0.5, 0.6) is 0 Å². The third-order valence-corrected chi connectivity index (χ3v) is 3.06. The summed E-state index contributed by atoms with van der Waals surface area (Å²) in [4.78, 5) is 21.9. The fraction of sp³-hybridized carbons (Fsp3) is 0. The number of hydrogen-bond donors (Lipinski definition) is 1. The van der Waals surface area contributed by atoms with E-state index in [0.29, 0.717) is 22.3 Å². The van der Waals surface area contributed by atoms with Gasteiger partial charge in [0.15, 0.2) is 11.6 Å². The maximum atomic E-state index is 13.2. The van der Waals surface area contributed by atoms with E-state index in [9.17, 15) is 23.7 Å². The summed E-state index contributed by atoms with van der Waals surface area (Å²) < 4.78 is 26.9. The smallest absolute Gasteiger partial charge is 0.285 e. The monoisotopic (exact) mass is 356 g/mol. The Morgan fingerprint density at radius 1 is 1.19 bits per heavy atom. The van der Waals surface area contributed by atoms with E-state index in [4.69, 9.17) is 0 Å². The van der Waals surface area contributed by atoms with Gasteiger partial charge in [-0.25, -0.2) is 8.78 Å². The van der Waals surface area contributed by atoms with Crippen molar-refractivity contribution in [2.75, 3.05) is 5.32 Å². The van der Waals surface area contributed by atoms with Crippen LogP contribution < -0.4 is 5.32 Å². The fourth-order valence-electron chi connectivity index (χ4n) is 1.63. The third kappa shape index (κ3) is 3.40. The number of hydrogen-bond acceptors (Lipinski definition) is 3. The molecule has 0 spiro atoms. The highest BCUT2D eigenvalue weighted by Crippen LogP contribution is 2.24. The van der Waals surface area contributed by atoms with Crippen LogP contribution in [0.15, 0.2) is 40.9 Å². The molecule has 0 aliphatic heterocycles. The molecule has 0 fully saturated rings. The van der Waals surface area contributed by atoms with Gasteiger partial charge in [-0.05, 0) is 24.3 Å². The van der Waals surface area contributed by atoms with Crippen LogP contribution in [0.1, 0.15) is 10.4 Å². The Bertz CT molecular complexity index is 737. The molecule has 0 heterocycles. The summed E-state index contributed by atoms with van der Waals surface area (Å²) in [5.41, 5.74) is -1.01. The first kappa shape index (κ1) is 15.0. The van der Waals surface area contributed by atoms with Crippen LogP contribution >= 0.6 is 15.9 Å². The van der Waals surface area contributed by atoms with Crippen LogP contribution in [0.25, 0.3) is 0 Å². The minimum Gasteiger partial charge on any atom is -0.322 e. The van der Waals surface area contributed by atoms with Crippen molar-refractivity contribution in [3.05, 3.63) is 68.2 Å². The second kappa shape index (κ2) is 5.96. The van der Waals surface area contributed by atoms with Crippen molar-refractivity contribution in [2.24, 2.45) is 0 Å². The number of nitrogens with zero attached hydrogens (tertiary/aromatic N) is 1. The van der Waals surface area contributed by atoms with Gasteiger partial charge in [0.1, 0.15) is 5.56 Å². The van der Waals surface area contributed by atoms with Crippen molar-refractivity contribution in [2.45, 2.75) is 0 Å². The number of carbonyl (C=O) groups excluding carboxylic acids is 1. The first-order valence-corrected chi connectivity index (χ1v) is 6.38. The van der Waals surface area contributed by atoms with Gasteiger partial charge >= 0.3 is 0 Å². The number of nitro benzene ring substituents is 1. The molecule has 1 N–H and O–H groups in total. The van der Waals surface area contributed by atoms with E-state index in [1.807, 2.05) is 0 Å². The Morgan fingerprint density at radius 3 is 2.48 bits per heavy atom. The van der Waals surface area contributed by atoms with Gasteiger partial charge in [-0.15, -0.1) is 0 Å². The zero-order valence-electron chi connectivity index (χ0n) is 10.3. The summed E-state index contributed by atoms with van der Waals surface area (Å²) in [6.45, 7) is 0. The van der Waals surface area contributed by atoms with E-state index in [1.165, 1.54) is 0 Å². The summed E-state index contributed by atoms with van der Waals surface area (Å²) in [6.07, 6.45) is 0. The Kier molecular flexibility index (Phi) is 4.27. The van der Waals surface area contributed by atoms with Crippen molar-refractivity contribution in [3.63, 3.8) is 0 Å². The molecule has 5 nitrogen and oxygen atoms in total. The molecule has 0 saturated heterocycles. The van der Waals surface area contributed by atoms with Gasteiger partial charge in [-0.3, -0.25) is 14.9 Å². The molecule has 8 heteroatoms. The van der Waals surface area contributed by atoms with Crippen LogP contribution in [-0.2, 0) is 0 Å². The molecular formula is C13H7BrF2N2O3. The summed E-state index contributed by atoms with van der Waals surface area (Å²) in [7, 11) is 0. The summed E-state index contributed by atoms with van der Waals surface area (Å²) in [5.74, 6) is -3.63. The quantitative estimate of drug-likeness (QED) is 0.669. The molecule has 2 rings (SSSR count). The van der Waals surface area contributed by atoms with Gasteiger partial charge in [-0.1, -0.05) is 22.0 Å². The number of halogens is 3. The minimum atomic E-state index is -1.39. The number of nitrogens with one attached hydrogen (secondary N) is 1. The number of carbonyl (C=O) groups is 1.